The minimum absolute atomic E-state index is 0.195. The Morgan fingerprint density at radius 2 is 1.92 bits per heavy atom. The summed E-state index contributed by atoms with van der Waals surface area (Å²) >= 11 is 0. The summed E-state index contributed by atoms with van der Waals surface area (Å²) in [4.78, 5) is 4.27. The van der Waals surface area contributed by atoms with Crippen LogP contribution < -0.4 is 10.5 Å². The van der Waals surface area contributed by atoms with Crippen molar-refractivity contribution in [2.45, 2.75) is 36.7 Å². The van der Waals surface area contributed by atoms with Gasteiger partial charge in [0.2, 0.25) is 10.0 Å². The SMILES string of the molecule is CC(C)(O)C(CCNS(=O)(=O)c1ccccc1)c1cncc(N)c1. The van der Waals surface area contributed by atoms with Crippen molar-refractivity contribution in [1.29, 1.82) is 0 Å². The van der Waals surface area contributed by atoms with Crippen LogP contribution in [0.2, 0.25) is 0 Å². The van der Waals surface area contributed by atoms with E-state index in [1.165, 1.54) is 18.3 Å². The smallest absolute Gasteiger partial charge is 0.240 e. The van der Waals surface area contributed by atoms with Crippen LogP contribution in [0.1, 0.15) is 31.7 Å². The molecular formula is C17H23N3O3S. The standard InChI is InChI=1S/C17H23N3O3S/c1-17(2,21)16(13-10-14(18)12-19-11-13)8-9-20-24(22,23)15-6-4-3-5-7-15/h3-7,10-12,16,20-21H,8-9,18H2,1-2H3. The Morgan fingerprint density at radius 3 is 2.50 bits per heavy atom. The first-order valence-corrected chi connectivity index (χ1v) is 9.16. The van der Waals surface area contributed by atoms with Gasteiger partial charge in [-0.05, 0) is 44.0 Å². The van der Waals surface area contributed by atoms with Crippen LogP contribution in [0.3, 0.4) is 0 Å². The highest BCUT2D eigenvalue weighted by molar-refractivity contribution is 7.89. The van der Waals surface area contributed by atoms with Crippen molar-refractivity contribution in [1.82, 2.24) is 9.71 Å². The second-order valence-electron chi connectivity index (χ2n) is 6.26. The van der Waals surface area contributed by atoms with Crippen LogP contribution in [-0.4, -0.2) is 30.7 Å². The number of hydrogen-bond acceptors (Lipinski definition) is 5. The zero-order chi connectivity index (χ0) is 17.8. The molecule has 1 atom stereocenters. The van der Waals surface area contributed by atoms with Crippen molar-refractivity contribution in [2.24, 2.45) is 0 Å². The maximum absolute atomic E-state index is 12.2. The first-order chi connectivity index (χ1) is 11.2. The average Bonchev–Trinajstić information content (AvgIpc) is 2.51. The molecule has 1 aromatic carbocycles. The molecule has 0 radical (unpaired) electrons. The lowest BCUT2D eigenvalue weighted by atomic mass is 9.83. The van der Waals surface area contributed by atoms with Crippen LogP contribution in [0.15, 0.2) is 53.7 Å². The third-order valence-electron chi connectivity index (χ3n) is 3.81. The third-order valence-corrected chi connectivity index (χ3v) is 5.29. The molecule has 7 heteroatoms. The van der Waals surface area contributed by atoms with Gasteiger partial charge in [-0.25, -0.2) is 13.1 Å². The Balaban J connectivity index is 2.09. The highest BCUT2D eigenvalue weighted by atomic mass is 32.2. The fourth-order valence-electron chi connectivity index (χ4n) is 2.62. The number of aromatic nitrogens is 1. The van der Waals surface area contributed by atoms with Crippen LogP contribution in [0.25, 0.3) is 0 Å². The zero-order valence-electron chi connectivity index (χ0n) is 13.8. The first kappa shape index (κ1) is 18.4. The molecule has 130 valence electrons. The Kier molecular flexibility index (Phi) is 5.58. The average molecular weight is 349 g/mol. The Labute approximate surface area is 142 Å². The summed E-state index contributed by atoms with van der Waals surface area (Å²) in [6.45, 7) is 3.57. The number of aliphatic hydroxyl groups is 1. The fraction of sp³-hybridized carbons (Fsp3) is 0.353. The van der Waals surface area contributed by atoms with Gasteiger partial charge >= 0.3 is 0 Å². The highest BCUT2D eigenvalue weighted by Gasteiger charge is 2.29. The summed E-state index contributed by atoms with van der Waals surface area (Å²) in [5.74, 6) is -0.299. The zero-order valence-corrected chi connectivity index (χ0v) is 14.6. The van der Waals surface area contributed by atoms with E-state index in [-0.39, 0.29) is 17.4 Å². The van der Waals surface area contributed by atoms with Crippen LogP contribution in [0.5, 0.6) is 0 Å². The number of nitrogens with zero attached hydrogens (tertiary/aromatic N) is 1. The number of hydrogen-bond donors (Lipinski definition) is 3. The number of nitrogens with one attached hydrogen (secondary N) is 1. The van der Waals surface area contributed by atoms with Gasteiger partial charge in [0.1, 0.15) is 0 Å². The van der Waals surface area contributed by atoms with Crippen molar-refractivity contribution in [3.05, 3.63) is 54.4 Å². The van der Waals surface area contributed by atoms with Gasteiger partial charge in [0.25, 0.3) is 0 Å². The van der Waals surface area contributed by atoms with Crippen LogP contribution in [-0.2, 0) is 10.0 Å². The van der Waals surface area contributed by atoms with E-state index < -0.39 is 15.6 Å². The number of benzene rings is 1. The monoisotopic (exact) mass is 349 g/mol. The van der Waals surface area contributed by atoms with Gasteiger partial charge in [-0.3, -0.25) is 4.98 Å². The number of sulfonamides is 1. The van der Waals surface area contributed by atoms with Gasteiger partial charge in [-0.15, -0.1) is 0 Å². The largest absolute Gasteiger partial charge is 0.397 e. The molecule has 0 aliphatic carbocycles. The number of rotatable bonds is 7. The summed E-state index contributed by atoms with van der Waals surface area (Å²) in [5, 5.41) is 10.4. The molecular weight excluding hydrogens is 326 g/mol. The Morgan fingerprint density at radius 1 is 1.25 bits per heavy atom. The maximum atomic E-state index is 12.2. The third kappa shape index (κ3) is 4.77. The lowest BCUT2D eigenvalue weighted by molar-refractivity contribution is 0.0469. The van der Waals surface area contributed by atoms with Crippen LogP contribution >= 0.6 is 0 Å². The van der Waals surface area contributed by atoms with Gasteiger partial charge in [0.05, 0.1) is 16.2 Å². The molecule has 0 bridgehead atoms. The summed E-state index contributed by atoms with van der Waals surface area (Å²) in [5.41, 5.74) is 6.01. The molecule has 0 spiro atoms. The van der Waals surface area contributed by atoms with E-state index in [2.05, 4.69) is 9.71 Å². The lowest BCUT2D eigenvalue weighted by Crippen LogP contribution is -2.33. The predicted octanol–water partition coefficient (Wildman–Crippen LogP) is 1.89. The van der Waals surface area contributed by atoms with Crippen molar-refractivity contribution in [2.75, 3.05) is 12.3 Å². The fourth-order valence-corrected chi connectivity index (χ4v) is 3.68. The van der Waals surface area contributed by atoms with Crippen molar-refractivity contribution < 1.29 is 13.5 Å². The summed E-state index contributed by atoms with van der Waals surface area (Å²) in [6, 6.07) is 9.94. The molecule has 1 aromatic heterocycles. The quantitative estimate of drug-likeness (QED) is 0.708. The molecule has 6 nitrogen and oxygen atoms in total. The van der Waals surface area contributed by atoms with Gasteiger partial charge < -0.3 is 10.8 Å². The molecule has 0 saturated carbocycles. The minimum Gasteiger partial charge on any atom is -0.397 e. The predicted molar refractivity (Wildman–Crippen MR) is 93.9 cm³/mol. The van der Waals surface area contributed by atoms with Gasteiger partial charge in [0.15, 0.2) is 0 Å². The van der Waals surface area contributed by atoms with E-state index in [9.17, 15) is 13.5 Å². The summed E-state index contributed by atoms with van der Waals surface area (Å²) in [6.07, 6.45) is 3.59. The normalized spacial score (nSPS) is 13.6. The molecule has 0 amide bonds. The molecule has 4 N–H and O–H groups in total. The van der Waals surface area contributed by atoms with E-state index in [4.69, 9.17) is 5.73 Å². The van der Waals surface area contributed by atoms with Crippen LogP contribution in [0, 0.1) is 0 Å². The Bertz CT molecular complexity index is 771. The number of pyridine rings is 1. The molecule has 0 fully saturated rings. The maximum Gasteiger partial charge on any atom is 0.240 e. The van der Waals surface area contributed by atoms with E-state index in [1.54, 1.807) is 44.3 Å². The van der Waals surface area contributed by atoms with E-state index >= 15 is 0 Å². The van der Waals surface area contributed by atoms with Gasteiger partial charge in [-0.1, -0.05) is 18.2 Å². The summed E-state index contributed by atoms with van der Waals surface area (Å²) in [7, 11) is -3.56. The van der Waals surface area contributed by atoms with E-state index in [1.807, 2.05) is 0 Å². The number of anilines is 1. The number of nitrogens with two attached hydrogens (primary N) is 1. The van der Waals surface area contributed by atoms with E-state index in [0.29, 0.717) is 12.1 Å². The van der Waals surface area contributed by atoms with Crippen molar-refractivity contribution in [3.63, 3.8) is 0 Å². The molecule has 1 heterocycles. The molecule has 24 heavy (non-hydrogen) atoms. The minimum atomic E-state index is -3.56. The number of nitrogen functional groups attached to an aromatic ring is 1. The Hall–Kier alpha value is -1.96. The van der Waals surface area contributed by atoms with Crippen molar-refractivity contribution in [3.8, 4) is 0 Å². The molecule has 2 aromatic rings. The summed E-state index contributed by atoms with van der Waals surface area (Å²) < 4.78 is 27.1. The molecule has 0 aliphatic heterocycles. The second-order valence-corrected chi connectivity index (χ2v) is 8.02. The van der Waals surface area contributed by atoms with E-state index in [0.717, 1.165) is 5.56 Å². The first-order valence-electron chi connectivity index (χ1n) is 7.67. The van der Waals surface area contributed by atoms with Crippen LogP contribution in [0.4, 0.5) is 5.69 Å². The molecule has 0 saturated heterocycles. The second kappa shape index (κ2) is 7.29. The topological polar surface area (TPSA) is 105 Å². The molecule has 2 rings (SSSR count). The van der Waals surface area contributed by atoms with Crippen molar-refractivity contribution >= 4 is 15.7 Å². The lowest BCUT2D eigenvalue weighted by Gasteiger charge is -2.29. The van der Waals surface area contributed by atoms with Gasteiger partial charge in [-0.2, -0.15) is 0 Å². The van der Waals surface area contributed by atoms with Gasteiger partial charge in [0, 0.05) is 24.9 Å². The highest BCUT2D eigenvalue weighted by Crippen LogP contribution is 2.31. The molecule has 0 aliphatic rings. The molecule has 1 unspecified atom stereocenters.